The molecular weight excluding hydrogens is 200 g/mol. The summed E-state index contributed by atoms with van der Waals surface area (Å²) in [7, 11) is 1.92. The van der Waals surface area contributed by atoms with Crippen molar-refractivity contribution in [1.82, 2.24) is 15.3 Å². The molecular formula is C12H22N4. The van der Waals surface area contributed by atoms with Crippen LogP contribution in [0, 0.1) is 0 Å². The SMILES string of the molecule is CCCN(CCC)c1cncc(CNC)n1. The maximum Gasteiger partial charge on any atom is 0.147 e. The average molecular weight is 222 g/mol. The van der Waals surface area contributed by atoms with E-state index in [1.807, 2.05) is 19.4 Å². The van der Waals surface area contributed by atoms with Gasteiger partial charge in [-0.1, -0.05) is 13.8 Å². The maximum absolute atomic E-state index is 4.60. The summed E-state index contributed by atoms with van der Waals surface area (Å²) in [6, 6.07) is 0. The third-order valence-electron chi connectivity index (χ3n) is 2.34. The highest BCUT2D eigenvalue weighted by Crippen LogP contribution is 2.10. The van der Waals surface area contributed by atoms with E-state index >= 15 is 0 Å². The molecule has 0 saturated carbocycles. The van der Waals surface area contributed by atoms with Crippen molar-refractivity contribution < 1.29 is 0 Å². The quantitative estimate of drug-likeness (QED) is 0.764. The Kier molecular flexibility index (Phi) is 5.78. The molecule has 1 rings (SSSR count). The van der Waals surface area contributed by atoms with E-state index < -0.39 is 0 Å². The fraction of sp³-hybridized carbons (Fsp3) is 0.667. The van der Waals surface area contributed by atoms with E-state index in [0.29, 0.717) is 0 Å². The third-order valence-corrected chi connectivity index (χ3v) is 2.34. The molecule has 1 heterocycles. The first-order chi connectivity index (χ1) is 7.81. The van der Waals surface area contributed by atoms with Gasteiger partial charge in [0.1, 0.15) is 5.82 Å². The number of hydrogen-bond donors (Lipinski definition) is 1. The molecule has 1 aromatic rings. The van der Waals surface area contributed by atoms with Gasteiger partial charge in [-0.25, -0.2) is 4.98 Å². The van der Waals surface area contributed by atoms with Gasteiger partial charge in [0.15, 0.2) is 0 Å². The lowest BCUT2D eigenvalue weighted by molar-refractivity contribution is 0.719. The Morgan fingerprint density at radius 2 is 1.88 bits per heavy atom. The molecule has 0 spiro atoms. The lowest BCUT2D eigenvalue weighted by Crippen LogP contribution is -2.26. The Hall–Kier alpha value is -1.16. The van der Waals surface area contributed by atoms with Crippen molar-refractivity contribution in [3.63, 3.8) is 0 Å². The first kappa shape index (κ1) is 12.9. The highest BCUT2D eigenvalue weighted by atomic mass is 15.2. The molecule has 1 aromatic heterocycles. The van der Waals surface area contributed by atoms with Crippen LogP contribution in [0.15, 0.2) is 12.4 Å². The Morgan fingerprint density at radius 1 is 1.19 bits per heavy atom. The zero-order valence-corrected chi connectivity index (χ0v) is 10.5. The first-order valence-electron chi connectivity index (χ1n) is 6.02. The Balaban J connectivity index is 2.77. The first-order valence-corrected chi connectivity index (χ1v) is 6.02. The number of anilines is 1. The lowest BCUT2D eigenvalue weighted by atomic mass is 10.3. The van der Waals surface area contributed by atoms with Gasteiger partial charge in [0, 0.05) is 25.8 Å². The third kappa shape index (κ3) is 3.77. The fourth-order valence-corrected chi connectivity index (χ4v) is 1.69. The summed E-state index contributed by atoms with van der Waals surface area (Å²) in [5, 5.41) is 3.09. The van der Waals surface area contributed by atoms with Crippen molar-refractivity contribution in [3.8, 4) is 0 Å². The number of aromatic nitrogens is 2. The van der Waals surface area contributed by atoms with E-state index in [9.17, 15) is 0 Å². The molecule has 0 amide bonds. The van der Waals surface area contributed by atoms with Gasteiger partial charge >= 0.3 is 0 Å². The summed E-state index contributed by atoms with van der Waals surface area (Å²) in [6.07, 6.45) is 5.94. The van der Waals surface area contributed by atoms with Crippen LogP contribution in [0.1, 0.15) is 32.4 Å². The summed E-state index contributed by atoms with van der Waals surface area (Å²) in [5.41, 5.74) is 0.997. The molecule has 4 heteroatoms. The van der Waals surface area contributed by atoms with Crippen LogP contribution in [0.3, 0.4) is 0 Å². The molecule has 1 N–H and O–H groups in total. The van der Waals surface area contributed by atoms with Gasteiger partial charge in [0.05, 0.1) is 11.9 Å². The number of hydrogen-bond acceptors (Lipinski definition) is 4. The number of nitrogens with one attached hydrogen (secondary N) is 1. The van der Waals surface area contributed by atoms with Gasteiger partial charge in [0.25, 0.3) is 0 Å². The van der Waals surface area contributed by atoms with E-state index in [1.54, 1.807) is 0 Å². The van der Waals surface area contributed by atoms with E-state index in [-0.39, 0.29) is 0 Å². The summed E-state index contributed by atoms with van der Waals surface area (Å²) >= 11 is 0. The van der Waals surface area contributed by atoms with Crippen LogP contribution < -0.4 is 10.2 Å². The van der Waals surface area contributed by atoms with Gasteiger partial charge in [-0.3, -0.25) is 4.98 Å². The Bertz CT molecular complexity index is 295. The van der Waals surface area contributed by atoms with Crippen molar-refractivity contribution in [3.05, 3.63) is 18.1 Å². The van der Waals surface area contributed by atoms with E-state index in [2.05, 4.69) is 34.0 Å². The van der Waals surface area contributed by atoms with Crippen molar-refractivity contribution in [2.45, 2.75) is 33.2 Å². The van der Waals surface area contributed by atoms with Gasteiger partial charge < -0.3 is 10.2 Å². The van der Waals surface area contributed by atoms with Crippen LogP contribution in [0.5, 0.6) is 0 Å². The zero-order chi connectivity index (χ0) is 11.8. The van der Waals surface area contributed by atoms with Crippen LogP contribution in [-0.2, 0) is 6.54 Å². The topological polar surface area (TPSA) is 41.1 Å². The monoisotopic (exact) mass is 222 g/mol. The van der Waals surface area contributed by atoms with Crippen molar-refractivity contribution in [2.75, 3.05) is 25.0 Å². The molecule has 90 valence electrons. The fourth-order valence-electron chi connectivity index (χ4n) is 1.69. The lowest BCUT2D eigenvalue weighted by Gasteiger charge is -2.22. The molecule has 0 atom stereocenters. The highest BCUT2D eigenvalue weighted by molar-refractivity contribution is 5.36. The van der Waals surface area contributed by atoms with E-state index in [1.165, 1.54) is 0 Å². The minimum absolute atomic E-state index is 0.771. The molecule has 0 saturated heterocycles. The molecule has 16 heavy (non-hydrogen) atoms. The van der Waals surface area contributed by atoms with Crippen LogP contribution in [-0.4, -0.2) is 30.1 Å². The minimum Gasteiger partial charge on any atom is -0.355 e. The van der Waals surface area contributed by atoms with Gasteiger partial charge in [-0.15, -0.1) is 0 Å². The molecule has 0 aliphatic rings. The molecule has 0 unspecified atom stereocenters. The van der Waals surface area contributed by atoms with Crippen LogP contribution in [0.25, 0.3) is 0 Å². The predicted molar refractivity (Wildman–Crippen MR) is 67.6 cm³/mol. The Labute approximate surface area is 98.1 Å². The van der Waals surface area contributed by atoms with Crippen LogP contribution in [0.4, 0.5) is 5.82 Å². The summed E-state index contributed by atoms with van der Waals surface area (Å²) in [5.74, 6) is 0.997. The minimum atomic E-state index is 0.771. The second-order valence-electron chi connectivity index (χ2n) is 3.89. The molecule has 0 aliphatic carbocycles. The van der Waals surface area contributed by atoms with Crippen LogP contribution in [0.2, 0.25) is 0 Å². The maximum atomic E-state index is 4.60. The second-order valence-corrected chi connectivity index (χ2v) is 3.89. The molecule has 0 aliphatic heterocycles. The van der Waals surface area contributed by atoms with E-state index in [4.69, 9.17) is 0 Å². The molecule has 4 nitrogen and oxygen atoms in total. The van der Waals surface area contributed by atoms with Gasteiger partial charge in [-0.05, 0) is 19.9 Å². The summed E-state index contributed by atoms with van der Waals surface area (Å²) in [4.78, 5) is 11.1. The van der Waals surface area contributed by atoms with Crippen molar-refractivity contribution in [2.24, 2.45) is 0 Å². The number of nitrogens with zero attached hydrogens (tertiary/aromatic N) is 3. The molecule has 0 aromatic carbocycles. The van der Waals surface area contributed by atoms with Crippen molar-refractivity contribution in [1.29, 1.82) is 0 Å². The van der Waals surface area contributed by atoms with Gasteiger partial charge in [-0.2, -0.15) is 0 Å². The van der Waals surface area contributed by atoms with Gasteiger partial charge in [0.2, 0.25) is 0 Å². The summed E-state index contributed by atoms with van der Waals surface area (Å²) < 4.78 is 0. The standard InChI is InChI=1S/C12H22N4/c1-4-6-16(7-5-2)12-10-14-9-11(15-12)8-13-3/h9-10,13H,4-8H2,1-3H3. The summed E-state index contributed by atoms with van der Waals surface area (Å²) in [6.45, 7) is 7.24. The number of rotatable bonds is 7. The molecule has 0 radical (unpaired) electrons. The van der Waals surface area contributed by atoms with E-state index in [0.717, 1.165) is 44.0 Å². The largest absolute Gasteiger partial charge is 0.355 e. The normalized spacial score (nSPS) is 10.4. The predicted octanol–water partition coefficient (Wildman–Crippen LogP) is 1.82. The average Bonchev–Trinajstić information content (AvgIpc) is 2.30. The van der Waals surface area contributed by atoms with Crippen LogP contribution >= 0.6 is 0 Å². The highest BCUT2D eigenvalue weighted by Gasteiger charge is 2.06. The smallest absolute Gasteiger partial charge is 0.147 e. The molecule has 0 bridgehead atoms. The second kappa shape index (κ2) is 7.17. The zero-order valence-electron chi connectivity index (χ0n) is 10.5. The molecule has 0 fully saturated rings. The Morgan fingerprint density at radius 3 is 2.44 bits per heavy atom. The van der Waals surface area contributed by atoms with Crippen molar-refractivity contribution >= 4 is 5.82 Å².